The summed E-state index contributed by atoms with van der Waals surface area (Å²) in [7, 11) is -4.34. The van der Waals surface area contributed by atoms with Gasteiger partial charge in [0.1, 0.15) is 24.0 Å². The summed E-state index contributed by atoms with van der Waals surface area (Å²) < 4.78 is 50.5. The SMILES string of the molecule is CC1=CN([C@@H]2O[C@H](COP(=O)(N[C@@H](C)C(=O)OC(C)C)Oc3ccccc3)[C@@H](O)[C@]2(F)Cl)C(=O)NC1O. The van der Waals surface area contributed by atoms with Gasteiger partial charge in [0.2, 0.25) is 0 Å². The Bertz CT molecular complexity index is 1060. The number of rotatable bonds is 10. The highest BCUT2D eigenvalue weighted by atomic mass is 35.5. The lowest BCUT2D eigenvalue weighted by Crippen LogP contribution is -2.56. The summed E-state index contributed by atoms with van der Waals surface area (Å²) in [6.45, 7) is 5.44. The molecule has 0 aromatic heterocycles. The zero-order chi connectivity index (χ0) is 27.5. The van der Waals surface area contributed by atoms with E-state index < -0.39 is 68.3 Å². The first-order chi connectivity index (χ1) is 17.2. The molecule has 12 nitrogen and oxygen atoms in total. The molecule has 0 radical (unpaired) electrons. The summed E-state index contributed by atoms with van der Waals surface area (Å²) in [6, 6.07) is 5.87. The third-order valence-corrected chi connectivity index (χ3v) is 7.39. The van der Waals surface area contributed by atoms with E-state index in [1.54, 1.807) is 32.0 Å². The van der Waals surface area contributed by atoms with Crippen molar-refractivity contribution in [3.63, 3.8) is 0 Å². The van der Waals surface area contributed by atoms with Crippen LogP contribution in [0.5, 0.6) is 5.75 Å². The molecular formula is C22H30ClFN3O9P. The highest BCUT2D eigenvalue weighted by molar-refractivity contribution is 7.52. The van der Waals surface area contributed by atoms with Crippen molar-refractivity contribution in [1.29, 1.82) is 0 Å². The molecule has 1 aromatic carbocycles. The molecule has 0 spiro atoms. The van der Waals surface area contributed by atoms with Gasteiger partial charge < -0.3 is 29.5 Å². The largest absolute Gasteiger partial charge is 0.462 e. The molecule has 0 saturated carbocycles. The second-order valence-electron chi connectivity index (χ2n) is 8.81. The molecule has 15 heteroatoms. The van der Waals surface area contributed by atoms with Gasteiger partial charge in [0.15, 0.2) is 12.5 Å². The normalized spacial score (nSPS) is 30.4. The van der Waals surface area contributed by atoms with Crippen molar-refractivity contribution < 1.29 is 47.3 Å². The highest BCUT2D eigenvalue weighted by Gasteiger charge is 2.60. The van der Waals surface area contributed by atoms with Crippen LogP contribution in [0, 0.1) is 0 Å². The van der Waals surface area contributed by atoms with Crippen LogP contribution >= 0.6 is 19.3 Å². The Kier molecular flexibility index (Phi) is 9.23. The maximum atomic E-state index is 15.3. The third kappa shape index (κ3) is 6.99. The number of amides is 2. The molecule has 206 valence electrons. The Morgan fingerprint density at radius 2 is 1.97 bits per heavy atom. The lowest BCUT2D eigenvalue weighted by molar-refractivity contribution is -0.149. The first kappa shape index (κ1) is 29.3. The van der Waals surface area contributed by atoms with E-state index in [9.17, 15) is 24.4 Å². The number of aliphatic hydroxyl groups is 2. The molecule has 4 N–H and O–H groups in total. The number of ether oxygens (including phenoxy) is 2. The van der Waals surface area contributed by atoms with E-state index in [1.165, 1.54) is 26.0 Å². The number of hydrogen-bond donors (Lipinski definition) is 4. The van der Waals surface area contributed by atoms with Gasteiger partial charge in [-0.15, -0.1) is 0 Å². The average molecular weight is 566 g/mol. The molecule has 1 aromatic rings. The molecule has 7 atom stereocenters. The number of hydrogen-bond acceptors (Lipinski definition) is 9. The molecule has 2 amide bonds. The lowest BCUT2D eigenvalue weighted by Gasteiger charge is -2.34. The van der Waals surface area contributed by atoms with E-state index in [-0.39, 0.29) is 11.3 Å². The van der Waals surface area contributed by atoms with Crippen molar-refractivity contribution >= 4 is 31.3 Å². The number of carbonyl (C=O) groups is 2. The topological polar surface area (TPSA) is 156 Å². The van der Waals surface area contributed by atoms with Gasteiger partial charge in [-0.1, -0.05) is 29.8 Å². The molecule has 2 unspecified atom stereocenters. The Morgan fingerprint density at radius 1 is 1.32 bits per heavy atom. The van der Waals surface area contributed by atoms with Crippen LogP contribution in [0.1, 0.15) is 27.7 Å². The lowest BCUT2D eigenvalue weighted by atomic mass is 10.1. The minimum Gasteiger partial charge on any atom is -0.462 e. The number of esters is 1. The predicted molar refractivity (Wildman–Crippen MR) is 129 cm³/mol. The van der Waals surface area contributed by atoms with Crippen LogP contribution in [0.25, 0.3) is 0 Å². The van der Waals surface area contributed by atoms with E-state index in [0.29, 0.717) is 0 Å². The smallest absolute Gasteiger partial charge is 0.459 e. The predicted octanol–water partition coefficient (Wildman–Crippen LogP) is 2.36. The van der Waals surface area contributed by atoms with Crippen molar-refractivity contribution in [2.75, 3.05) is 6.61 Å². The fourth-order valence-corrected chi connectivity index (χ4v) is 5.24. The van der Waals surface area contributed by atoms with Gasteiger partial charge in [0, 0.05) is 6.20 Å². The van der Waals surface area contributed by atoms with Crippen LogP contribution in [-0.4, -0.2) is 75.7 Å². The molecule has 37 heavy (non-hydrogen) atoms. The summed E-state index contributed by atoms with van der Waals surface area (Å²) in [5.74, 6) is -0.591. The molecule has 1 fully saturated rings. The second kappa shape index (κ2) is 11.6. The van der Waals surface area contributed by atoms with E-state index in [2.05, 4.69) is 10.4 Å². The van der Waals surface area contributed by atoms with Crippen molar-refractivity contribution in [1.82, 2.24) is 15.3 Å². The Morgan fingerprint density at radius 3 is 2.59 bits per heavy atom. The number of aliphatic hydroxyl groups excluding tert-OH is 2. The van der Waals surface area contributed by atoms with Gasteiger partial charge >= 0.3 is 19.7 Å². The van der Waals surface area contributed by atoms with Gasteiger partial charge in [0.05, 0.1) is 12.7 Å². The molecule has 0 bridgehead atoms. The number of nitrogens with zero attached hydrogens (tertiary/aromatic N) is 1. The quantitative estimate of drug-likeness (QED) is 0.189. The fraction of sp³-hybridized carbons (Fsp3) is 0.545. The Balaban J connectivity index is 1.77. The molecule has 2 heterocycles. The van der Waals surface area contributed by atoms with Crippen LogP contribution in [0.3, 0.4) is 0 Å². The van der Waals surface area contributed by atoms with Crippen molar-refractivity contribution in [3.05, 3.63) is 42.1 Å². The Labute approximate surface area is 218 Å². The van der Waals surface area contributed by atoms with Crippen LogP contribution in [0.15, 0.2) is 42.1 Å². The summed E-state index contributed by atoms with van der Waals surface area (Å²) in [5, 5.41) is 21.9. The summed E-state index contributed by atoms with van der Waals surface area (Å²) in [4.78, 5) is 25.3. The molecular weight excluding hydrogens is 536 g/mol. The number of halogens is 2. The number of nitrogens with one attached hydrogen (secondary N) is 2. The highest BCUT2D eigenvalue weighted by Crippen LogP contribution is 2.47. The maximum absolute atomic E-state index is 15.3. The van der Waals surface area contributed by atoms with Crippen LogP contribution in [0.4, 0.5) is 9.18 Å². The average Bonchev–Trinajstić information content (AvgIpc) is 3.03. The molecule has 1 saturated heterocycles. The number of para-hydroxylation sites is 1. The van der Waals surface area contributed by atoms with E-state index in [1.807, 2.05) is 0 Å². The molecule has 2 aliphatic rings. The number of alkyl halides is 2. The number of benzene rings is 1. The van der Waals surface area contributed by atoms with Gasteiger partial charge in [-0.3, -0.25) is 14.2 Å². The summed E-state index contributed by atoms with van der Waals surface area (Å²) in [6.07, 6.45) is -5.93. The van der Waals surface area contributed by atoms with Gasteiger partial charge in [-0.2, -0.15) is 5.09 Å². The zero-order valence-electron chi connectivity index (χ0n) is 20.5. The number of urea groups is 1. The number of carbonyl (C=O) groups excluding carboxylic acids is 2. The third-order valence-electron chi connectivity index (χ3n) is 5.34. The minimum absolute atomic E-state index is 0.134. The van der Waals surface area contributed by atoms with Crippen molar-refractivity contribution in [2.45, 2.75) is 69.6 Å². The van der Waals surface area contributed by atoms with E-state index in [0.717, 1.165) is 11.1 Å². The molecule has 2 aliphatic heterocycles. The molecule has 0 aliphatic carbocycles. The van der Waals surface area contributed by atoms with Crippen LogP contribution in [0.2, 0.25) is 0 Å². The first-order valence-electron chi connectivity index (χ1n) is 11.4. The van der Waals surface area contributed by atoms with Gasteiger partial charge in [-0.05, 0) is 45.4 Å². The monoisotopic (exact) mass is 565 g/mol. The summed E-state index contributed by atoms with van der Waals surface area (Å²) in [5.41, 5.74) is 0.261. The Hall–Kier alpha value is -2.25. The van der Waals surface area contributed by atoms with Gasteiger partial charge in [0.25, 0.3) is 5.13 Å². The van der Waals surface area contributed by atoms with Crippen molar-refractivity contribution in [2.24, 2.45) is 0 Å². The zero-order valence-corrected chi connectivity index (χ0v) is 22.2. The maximum Gasteiger partial charge on any atom is 0.459 e. The van der Waals surface area contributed by atoms with Crippen molar-refractivity contribution in [3.8, 4) is 5.75 Å². The fourth-order valence-electron chi connectivity index (χ4n) is 3.44. The molecule has 3 rings (SSSR count). The van der Waals surface area contributed by atoms with E-state index in [4.69, 9.17) is 30.1 Å². The first-order valence-corrected chi connectivity index (χ1v) is 13.3. The van der Waals surface area contributed by atoms with E-state index >= 15 is 4.39 Å². The van der Waals surface area contributed by atoms with Gasteiger partial charge in [-0.25, -0.2) is 13.8 Å². The summed E-state index contributed by atoms with van der Waals surface area (Å²) >= 11 is 5.93. The van der Waals surface area contributed by atoms with Crippen LogP contribution in [-0.2, 0) is 23.4 Å². The van der Waals surface area contributed by atoms with Crippen LogP contribution < -0.4 is 14.9 Å². The standard InChI is InChI=1S/C22H30ClFN3O9P/c1-12(2)34-19(30)14(4)26-37(32,36-15-8-6-5-7-9-15)33-11-16-17(28)22(23,24)20(35-16)27-10-13(3)18(29)25-21(27)31/h5-10,12,14,16-18,20,28-29H,11H2,1-4H3,(H,25,31)(H,26,32)/t14-,16+,17+,18?,20+,22+,37?/m0/s1. The minimum atomic E-state index is -4.34. The second-order valence-corrected chi connectivity index (χ2v) is 11.1.